The monoisotopic (exact) mass is 258 g/mol. The maximum absolute atomic E-state index is 9.29. The Hall–Kier alpha value is -0.740. The number of hydrogen-bond acceptors (Lipinski definition) is 3. The molecule has 0 radical (unpaired) electrons. The average Bonchev–Trinajstić information content (AvgIpc) is 2.51. The summed E-state index contributed by atoms with van der Waals surface area (Å²) in [6, 6.07) is 3.78. The third-order valence-corrected chi connectivity index (χ3v) is 2.80. The number of ether oxygens (including phenoxy) is 2. The van der Waals surface area contributed by atoms with Crippen molar-refractivity contribution in [3.63, 3.8) is 0 Å². The molecule has 0 fully saturated rings. The van der Waals surface area contributed by atoms with Crippen LogP contribution in [0.5, 0.6) is 11.5 Å². The predicted molar refractivity (Wildman–Crippen MR) is 55.6 cm³/mol. The van der Waals surface area contributed by atoms with Crippen LogP contribution in [0.15, 0.2) is 16.6 Å². The maximum Gasteiger partial charge on any atom is 0.231 e. The Labute approximate surface area is 90.8 Å². The highest BCUT2D eigenvalue weighted by Gasteiger charge is 2.16. The molecule has 1 aromatic rings. The summed E-state index contributed by atoms with van der Waals surface area (Å²) in [6.45, 7) is 2.04. The van der Waals surface area contributed by atoms with Crippen molar-refractivity contribution in [3.05, 3.63) is 22.2 Å². The van der Waals surface area contributed by atoms with Crippen LogP contribution in [0.3, 0.4) is 0 Å². The Balaban J connectivity index is 2.32. The number of benzene rings is 1. The molecule has 2 rings (SSSR count). The lowest BCUT2D eigenvalue weighted by molar-refractivity contribution is 0.174. The van der Waals surface area contributed by atoms with Gasteiger partial charge in [-0.25, -0.2) is 0 Å². The second-order valence-electron chi connectivity index (χ2n) is 3.35. The van der Waals surface area contributed by atoms with E-state index in [4.69, 9.17) is 9.47 Å². The van der Waals surface area contributed by atoms with Gasteiger partial charge in [0.05, 0.1) is 6.10 Å². The molecule has 4 heteroatoms. The molecular weight excluding hydrogens is 248 g/mol. The minimum Gasteiger partial charge on any atom is -0.454 e. The molecule has 1 aliphatic rings. The molecule has 1 heterocycles. The SMILES string of the molecule is C[C@@H](O)Cc1cc2c(cc1Br)OCO2. The van der Waals surface area contributed by atoms with Gasteiger partial charge in [-0.15, -0.1) is 0 Å². The molecule has 0 unspecified atom stereocenters. The van der Waals surface area contributed by atoms with E-state index in [1.807, 2.05) is 12.1 Å². The van der Waals surface area contributed by atoms with E-state index in [1.54, 1.807) is 6.92 Å². The zero-order valence-corrected chi connectivity index (χ0v) is 9.37. The molecule has 3 nitrogen and oxygen atoms in total. The Bertz CT molecular complexity index is 349. The van der Waals surface area contributed by atoms with Crippen molar-refractivity contribution in [1.29, 1.82) is 0 Å². The summed E-state index contributed by atoms with van der Waals surface area (Å²) >= 11 is 3.43. The van der Waals surface area contributed by atoms with Gasteiger partial charge in [-0.3, -0.25) is 0 Å². The van der Waals surface area contributed by atoms with Gasteiger partial charge in [0.25, 0.3) is 0 Å². The van der Waals surface area contributed by atoms with Crippen molar-refractivity contribution in [1.82, 2.24) is 0 Å². The number of halogens is 1. The van der Waals surface area contributed by atoms with E-state index in [9.17, 15) is 5.11 Å². The Kier molecular flexibility index (Phi) is 2.65. The number of aliphatic hydroxyl groups excluding tert-OH is 1. The first-order chi connectivity index (χ1) is 6.66. The number of fused-ring (bicyclic) bond motifs is 1. The van der Waals surface area contributed by atoms with E-state index in [0.29, 0.717) is 6.42 Å². The lowest BCUT2D eigenvalue weighted by Crippen LogP contribution is -2.04. The normalized spacial score (nSPS) is 15.6. The highest BCUT2D eigenvalue weighted by molar-refractivity contribution is 9.10. The molecule has 14 heavy (non-hydrogen) atoms. The van der Waals surface area contributed by atoms with Crippen molar-refractivity contribution in [2.75, 3.05) is 6.79 Å². The fourth-order valence-corrected chi connectivity index (χ4v) is 1.92. The average molecular weight is 259 g/mol. The van der Waals surface area contributed by atoms with Crippen LogP contribution < -0.4 is 9.47 Å². The number of rotatable bonds is 2. The second kappa shape index (κ2) is 3.79. The minimum atomic E-state index is -0.355. The molecule has 1 atom stereocenters. The Morgan fingerprint density at radius 1 is 1.43 bits per heavy atom. The zero-order chi connectivity index (χ0) is 10.1. The van der Waals surface area contributed by atoms with E-state index in [0.717, 1.165) is 21.5 Å². The van der Waals surface area contributed by atoms with Crippen LogP contribution in [-0.4, -0.2) is 18.0 Å². The van der Waals surface area contributed by atoms with Crippen LogP contribution in [0.1, 0.15) is 12.5 Å². The van der Waals surface area contributed by atoms with Gasteiger partial charge in [0, 0.05) is 4.47 Å². The largest absolute Gasteiger partial charge is 0.454 e. The third kappa shape index (κ3) is 1.86. The van der Waals surface area contributed by atoms with E-state index >= 15 is 0 Å². The summed E-state index contributed by atoms with van der Waals surface area (Å²) in [5, 5.41) is 9.29. The van der Waals surface area contributed by atoms with Gasteiger partial charge >= 0.3 is 0 Å². The lowest BCUT2D eigenvalue weighted by atomic mass is 10.1. The Morgan fingerprint density at radius 2 is 2.07 bits per heavy atom. The summed E-state index contributed by atoms with van der Waals surface area (Å²) in [6.07, 6.45) is 0.253. The van der Waals surface area contributed by atoms with Crippen LogP contribution in [0, 0.1) is 0 Å². The molecule has 1 N–H and O–H groups in total. The first-order valence-electron chi connectivity index (χ1n) is 4.43. The molecule has 1 aromatic carbocycles. The summed E-state index contributed by atoms with van der Waals surface area (Å²) < 4.78 is 11.4. The maximum atomic E-state index is 9.29. The zero-order valence-electron chi connectivity index (χ0n) is 7.79. The molecule has 0 amide bonds. The molecule has 0 saturated carbocycles. The highest BCUT2D eigenvalue weighted by Crippen LogP contribution is 2.37. The van der Waals surface area contributed by atoms with Crippen LogP contribution in [-0.2, 0) is 6.42 Å². The molecule has 76 valence electrons. The lowest BCUT2D eigenvalue weighted by Gasteiger charge is -2.07. The standard InChI is InChI=1S/C10H11BrO3/c1-6(12)2-7-3-9-10(4-8(7)11)14-5-13-9/h3-4,6,12H,2,5H2,1H3/t6-/m1/s1. The molecule has 0 aromatic heterocycles. The van der Waals surface area contributed by atoms with Crippen molar-refractivity contribution in [2.45, 2.75) is 19.4 Å². The number of aliphatic hydroxyl groups is 1. The summed E-state index contributed by atoms with van der Waals surface area (Å²) in [5.74, 6) is 1.51. The molecular formula is C10H11BrO3. The van der Waals surface area contributed by atoms with Gasteiger partial charge in [-0.2, -0.15) is 0 Å². The summed E-state index contributed by atoms with van der Waals surface area (Å²) in [7, 11) is 0. The summed E-state index contributed by atoms with van der Waals surface area (Å²) in [5.41, 5.74) is 1.03. The molecule has 0 aliphatic carbocycles. The minimum absolute atomic E-state index is 0.278. The Morgan fingerprint density at radius 3 is 2.71 bits per heavy atom. The van der Waals surface area contributed by atoms with Gasteiger partial charge in [0.15, 0.2) is 11.5 Å². The van der Waals surface area contributed by atoms with Crippen LogP contribution in [0.4, 0.5) is 0 Å². The van der Waals surface area contributed by atoms with Crippen LogP contribution >= 0.6 is 15.9 Å². The van der Waals surface area contributed by atoms with E-state index in [1.165, 1.54) is 0 Å². The number of hydrogen-bond donors (Lipinski definition) is 1. The first kappa shape index (κ1) is 9.80. The van der Waals surface area contributed by atoms with E-state index < -0.39 is 0 Å². The smallest absolute Gasteiger partial charge is 0.231 e. The highest BCUT2D eigenvalue weighted by atomic mass is 79.9. The van der Waals surface area contributed by atoms with E-state index in [2.05, 4.69) is 15.9 Å². The van der Waals surface area contributed by atoms with Crippen molar-refractivity contribution < 1.29 is 14.6 Å². The van der Waals surface area contributed by atoms with E-state index in [-0.39, 0.29) is 12.9 Å². The second-order valence-corrected chi connectivity index (χ2v) is 4.20. The van der Waals surface area contributed by atoms with Crippen molar-refractivity contribution in [2.24, 2.45) is 0 Å². The molecule has 1 aliphatic heterocycles. The van der Waals surface area contributed by atoms with Gasteiger partial charge in [0.1, 0.15) is 0 Å². The van der Waals surface area contributed by atoms with Crippen molar-refractivity contribution >= 4 is 15.9 Å². The third-order valence-electron chi connectivity index (χ3n) is 2.06. The van der Waals surface area contributed by atoms with Crippen LogP contribution in [0.25, 0.3) is 0 Å². The summed E-state index contributed by atoms with van der Waals surface area (Å²) in [4.78, 5) is 0. The van der Waals surface area contributed by atoms with Gasteiger partial charge < -0.3 is 14.6 Å². The fourth-order valence-electron chi connectivity index (χ4n) is 1.43. The van der Waals surface area contributed by atoms with Gasteiger partial charge in [-0.1, -0.05) is 15.9 Å². The van der Waals surface area contributed by atoms with Gasteiger partial charge in [0.2, 0.25) is 6.79 Å². The molecule has 0 spiro atoms. The predicted octanol–water partition coefficient (Wildman–Crippen LogP) is 2.10. The topological polar surface area (TPSA) is 38.7 Å². The fraction of sp³-hybridized carbons (Fsp3) is 0.400. The molecule has 0 saturated heterocycles. The quantitative estimate of drug-likeness (QED) is 0.883. The van der Waals surface area contributed by atoms with Gasteiger partial charge in [-0.05, 0) is 31.0 Å². The first-order valence-corrected chi connectivity index (χ1v) is 5.22. The van der Waals surface area contributed by atoms with Crippen molar-refractivity contribution in [3.8, 4) is 11.5 Å². The van der Waals surface area contributed by atoms with Crippen LogP contribution in [0.2, 0.25) is 0 Å². The molecule has 0 bridgehead atoms.